The minimum absolute atomic E-state index is 0.0999. The minimum Gasteiger partial charge on any atom is -0.743 e. The van der Waals surface area contributed by atoms with E-state index in [-0.39, 0.29) is 18.4 Å². The lowest BCUT2D eigenvalue weighted by molar-refractivity contribution is -0.261. The minimum atomic E-state index is -6.83. The highest BCUT2D eigenvalue weighted by molar-refractivity contribution is 7.86. The normalized spacial score (nSPS) is 40.3. The fourth-order valence-electron chi connectivity index (χ4n) is 7.72. The van der Waals surface area contributed by atoms with E-state index in [4.69, 9.17) is 9.47 Å². The van der Waals surface area contributed by atoms with Crippen LogP contribution in [0.15, 0.2) is 0 Å². The lowest BCUT2D eigenvalue weighted by Gasteiger charge is -2.56. The molecule has 14 heteroatoms. The molecule has 0 aromatic carbocycles. The van der Waals surface area contributed by atoms with E-state index in [2.05, 4.69) is 4.74 Å². The summed E-state index contributed by atoms with van der Waals surface area (Å²) in [5.74, 6) is -4.12. The highest BCUT2D eigenvalue weighted by atomic mass is 32.2. The third kappa shape index (κ3) is 4.40. The van der Waals surface area contributed by atoms with Crippen molar-refractivity contribution in [3.8, 4) is 0 Å². The number of hydrogen-bond donors (Lipinski definition) is 0. The van der Waals surface area contributed by atoms with Crippen LogP contribution < -0.4 is 0 Å². The molecule has 2 saturated heterocycles. The Morgan fingerprint density at radius 3 is 1.83 bits per heavy atom. The molecule has 5 unspecified atom stereocenters. The third-order valence-corrected chi connectivity index (χ3v) is 9.55. The first-order valence-corrected chi connectivity index (χ1v) is 13.4. The standard InChI is InChI=1S/C22H27F5O8S/c23-21(24,25)19(22(26,27)36(30,31)32)35-18(29)16-14-2-1-13(34-14)15(16)17(28)33-9-20-6-10-3-11(7-20)5-12(4-10)8-20/h10-16,19H,1-9H2,(H,30,31,32)/p-1. The predicted octanol–water partition coefficient (Wildman–Crippen LogP) is 3.15. The molecular weight excluding hydrogens is 519 g/mol. The Bertz CT molecular complexity index is 993. The van der Waals surface area contributed by atoms with E-state index in [1.165, 1.54) is 0 Å². The molecule has 6 bridgehead atoms. The van der Waals surface area contributed by atoms with Gasteiger partial charge in [-0.25, -0.2) is 8.42 Å². The van der Waals surface area contributed by atoms with Crippen molar-refractivity contribution in [1.82, 2.24) is 0 Å². The van der Waals surface area contributed by atoms with Crippen LogP contribution in [0.5, 0.6) is 0 Å². The average molecular weight is 545 g/mol. The van der Waals surface area contributed by atoms with Crippen LogP contribution in [-0.2, 0) is 33.9 Å². The first kappa shape index (κ1) is 26.1. The third-order valence-electron chi connectivity index (χ3n) is 8.67. The lowest BCUT2D eigenvalue weighted by atomic mass is 9.50. The molecule has 6 aliphatic rings. The molecule has 0 aromatic heterocycles. The van der Waals surface area contributed by atoms with Crippen LogP contribution in [0.2, 0.25) is 0 Å². The molecular formula is C22H26F5O8S-. The van der Waals surface area contributed by atoms with Gasteiger partial charge < -0.3 is 18.8 Å². The summed E-state index contributed by atoms with van der Waals surface area (Å²) in [6.45, 7) is 0.0999. The summed E-state index contributed by atoms with van der Waals surface area (Å²) in [6, 6.07) is 0. The average Bonchev–Trinajstić information content (AvgIpc) is 3.35. The Labute approximate surface area is 203 Å². The van der Waals surface area contributed by atoms with Gasteiger partial charge in [0, 0.05) is 5.41 Å². The molecule has 5 atom stereocenters. The summed E-state index contributed by atoms with van der Waals surface area (Å²) in [4.78, 5) is 25.7. The van der Waals surface area contributed by atoms with Crippen molar-refractivity contribution in [2.45, 2.75) is 81.1 Å². The molecule has 0 spiro atoms. The number of carbonyl (C=O) groups excluding carboxylic acids is 2. The molecule has 4 saturated carbocycles. The molecule has 2 aliphatic heterocycles. The molecule has 0 aromatic rings. The number of fused-ring (bicyclic) bond motifs is 2. The van der Waals surface area contributed by atoms with Crippen LogP contribution in [0.3, 0.4) is 0 Å². The molecule has 6 fully saturated rings. The van der Waals surface area contributed by atoms with Gasteiger partial charge in [0.2, 0.25) is 0 Å². The second kappa shape index (κ2) is 8.48. The van der Waals surface area contributed by atoms with Crippen molar-refractivity contribution >= 4 is 22.1 Å². The van der Waals surface area contributed by atoms with E-state index >= 15 is 0 Å². The molecule has 0 N–H and O–H groups in total. The summed E-state index contributed by atoms with van der Waals surface area (Å²) >= 11 is 0. The van der Waals surface area contributed by atoms with E-state index in [9.17, 15) is 44.5 Å². The van der Waals surface area contributed by atoms with Crippen molar-refractivity contribution in [2.75, 3.05) is 6.61 Å². The van der Waals surface area contributed by atoms with Gasteiger partial charge in [-0.3, -0.25) is 9.59 Å². The van der Waals surface area contributed by atoms with Gasteiger partial charge in [0.15, 0.2) is 10.1 Å². The Hall–Kier alpha value is -1.54. The van der Waals surface area contributed by atoms with Crippen molar-refractivity contribution in [1.29, 1.82) is 0 Å². The predicted molar refractivity (Wildman–Crippen MR) is 107 cm³/mol. The summed E-state index contributed by atoms with van der Waals surface area (Å²) in [5.41, 5.74) is -0.176. The van der Waals surface area contributed by atoms with Gasteiger partial charge in [0.05, 0.1) is 30.7 Å². The molecule has 36 heavy (non-hydrogen) atoms. The van der Waals surface area contributed by atoms with Crippen LogP contribution in [0.4, 0.5) is 22.0 Å². The zero-order chi connectivity index (χ0) is 26.3. The Morgan fingerprint density at radius 2 is 1.39 bits per heavy atom. The largest absolute Gasteiger partial charge is 0.743 e. The second-order valence-electron chi connectivity index (χ2n) is 11.2. The van der Waals surface area contributed by atoms with E-state index < -0.39 is 63.6 Å². The van der Waals surface area contributed by atoms with Crippen molar-refractivity contribution in [3.63, 3.8) is 0 Å². The molecule has 2 heterocycles. The fourth-order valence-corrected chi connectivity index (χ4v) is 8.16. The maximum absolute atomic E-state index is 13.8. The van der Waals surface area contributed by atoms with Gasteiger partial charge in [-0.15, -0.1) is 0 Å². The molecule has 0 radical (unpaired) electrons. The second-order valence-corrected chi connectivity index (χ2v) is 12.7. The van der Waals surface area contributed by atoms with Crippen LogP contribution in [0.1, 0.15) is 51.4 Å². The van der Waals surface area contributed by atoms with Crippen LogP contribution in [0.25, 0.3) is 0 Å². The monoisotopic (exact) mass is 545 g/mol. The number of ether oxygens (including phenoxy) is 3. The number of halogens is 5. The van der Waals surface area contributed by atoms with Gasteiger partial charge >= 0.3 is 23.4 Å². The van der Waals surface area contributed by atoms with Crippen LogP contribution >= 0.6 is 0 Å². The topological polar surface area (TPSA) is 119 Å². The SMILES string of the molecule is O=C(OCC12CC3CC(CC(C3)C1)C2)C1C2CCC(O2)C1C(=O)OC(C(F)(F)F)C(F)(F)S(=O)(=O)[O-]. The molecule has 6 rings (SSSR count). The maximum Gasteiger partial charge on any atom is 0.432 e. The van der Waals surface area contributed by atoms with Gasteiger partial charge in [-0.2, -0.15) is 22.0 Å². The van der Waals surface area contributed by atoms with Crippen molar-refractivity contribution in [3.05, 3.63) is 0 Å². The van der Waals surface area contributed by atoms with Gasteiger partial charge in [-0.1, -0.05) is 0 Å². The first-order valence-electron chi connectivity index (χ1n) is 12.0. The molecule has 204 valence electrons. The zero-order valence-electron chi connectivity index (χ0n) is 19.0. The smallest absolute Gasteiger partial charge is 0.432 e. The van der Waals surface area contributed by atoms with Crippen LogP contribution in [-0.4, -0.2) is 61.3 Å². The van der Waals surface area contributed by atoms with E-state index in [1.54, 1.807) is 0 Å². The van der Waals surface area contributed by atoms with E-state index in [1.807, 2.05) is 0 Å². The van der Waals surface area contributed by atoms with E-state index in [0.29, 0.717) is 24.2 Å². The highest BCUT2D eigenvalue weighted by Crippen LogP contribution is 2.60. The Morgan fingerprint density at radius 1 is 0.917 bits per heavy atom. The quantitative estimate of drug-likeness (QED) is 0.272. The summed E-state index contributed by atoms with van der Waals surface area (Å²) < 4.78 is 115. The number of esters is 2. The number of rotatable bonds is 7. The molecule has 0 amide bonds. The summed E-state index contributed by atoms with van der Waals surface area (Å²) in [5, 5.41) is -5.96. The number of alkyl halides is 5. The summed E-state index contributed by atoms with van der Waals surface area (Å²) in [7, 11) is -6.83. The molecule has 4 aliphatic carbocycles. The number of hydrogen-bond acceptors (Lipinski definition) is 8. The van der Waals surface area contributed by atoms with Crippen molar-refractivity contribution in [2.24, 2.45) is 35.0 Å². The fraction of sp³-hybridized carbons (Fsp3) is 0.909. The van der Waals surface area contributed by atoms with Gasteiger partial charge in [0.25, 0.3) is 6.10 Å². The van der Waals surface area contributed by atoms with Crippen molar-refractivity contribution < 1.29 is 58.7 Å². The summed E-state index contributed by atoms with van der Waals surface area (Å²) in [6.07, 6.45) is -5.86. The van der Waals surface area contributed by atoms with Gasteiger partial charge in [-0.05, 0) is 69.1 Å². The maximum atomic E-state index is 13.8. The lowest BCUT2D eigenvalue weighted by Crippen LogP contribution is -2.54. The zero-order valence-corrected chi connectivity index (χ0v) is 19.9. The van der Waals surface area contributed by atoms with Crippen LogP contribution in [0, 0.1) is 35.0 Å². The molecule has 8 nitrogen and oxygen atoms in total. The highest BCUT2D eigenvalue weighted by Gasteiger charge is 2.65. The van der Waals surface area contributed by atoms with E-state index in [0.717, 1.165) is 38.5 Å². The first-order chi connectivity index (χ1) is 16.6. The van der Waals surface area contributed by atoms with Gasteiger partial charge in [0.1, 0.15) is 0 Å². The Kier molecular flexibility index (Phi) is 6.15. The number of carbonyl (C=O) groups is 2. The Balaban J connectivity index is 1.30.